The summed E-state index contributed by atoms with van der Waals surface area (Å²) in [4.78, 5) is 24.7. The molecule has 1 heterocycles. The van der Waals surface area contributed by atoms with Crippen molar-refractivity contribution in [2.75, 3.05) is 25.0 Å². The standard InChI is InChI=1S/C15H19F2N3O2S/c16-15(17)23-12-6-2-1-5-11(12)19-13(21)9-20-7-3-4-10(8-20)14(18)22/h1-2,5-6,10,15H,3-4,7-9H2,(H2,18,22)(H,19,21)/p+1/t10-/m0/s1. The van der Waals surface area contributed by atoms with Crippen LogP contribution in [0.15, 0.2) is 29.2 Å². The number of amides is 2. The fourth-order valence-corrected chi connectivity index (χ4v) is 3.34. The molecule has 126 valence electrons. The van der Waals surface area contributed by atoms with Crippen LogP contribution >= 0.6 is 11.8 Å². The Balaban J connectivity index is 1.93. The highest BCUT2D eigenvalue weighted by Crippen LogP contribution is 2.31. The number of thioether (sulfide) groups is 1. The topological polar surface area (TPSA) is 76.6 Å². The summed E-state index contributed by atoms with van der Waals surface area (Å²) in [7, 11) is 0. The van der Waals surface area contributed by atoms with E-state index >= 15 is 0 Å². The number of carbonyl (C=O) groups excluding carboxylic acids is 2. The SMILES string of the molecule is NC(=O)[C@H]1CCC[NH+](CC(=O)Nc2ccccc2SC(F)F)C1. The van der Waals surface area contributed by atoms with E-state index in [1.165, 1.54) is 0 Å². The van der Waals surface area contributed by atoms with Crippen LogP contribution in [0, 0.1) is 5.92 Å². The largest absolute Gasteiger partial charge is 0.369 e. The van der Waals surface area contributed by atoms with E-state index in [0.717, 1.165) is 24.3 Å². The molecule has 1 unspecified atom stereocenters. The maximum absolute atomic E-state index is 12.5. The van der Waals surface area contributed by atoms with Gasteiger partial charge in [0.25, 0.3) is 11.7 Å². The van der Waals surface area contributed by atoms with Crippen molar-refractivity contribution in [1.29, 1.82) is 0 Å². The summed E-state index contributed by atoms with van der Waals surface area (Å²) >= 11 is 0.401. The minimum absolute atomic E-state index is 0.192. The molecule has 0 radical (unpaired) electrons. The number of quaternary nitrogens is 1. The Hall–Kier alpha value is -1.67. The van der Waals surface area contributed by atoms with Crippen LogP contribution in [0.4, 0.5) is 14.5 Å². The quantitative estimate of drug-likeness (QED) is 0.666. The summed E-state index contributed by atoms with van der Waals surface area (Å²) in [5, 5.41) is 2.68. The lowest BCUT2D eigenvalue weighted by atomic mass is 9.97. The average molecular weight is 344 g/mol. The third kappa shape index (κ3) is 5.47. The Labute approximate surface area is 137 Å². The highest BCUT2D eigenvalue weighted by molar-refractivity contribution is 7.99. The van der Waals surface area contributed by atoms with Crippen LogP contribution in [0.5, 0.6) is 0 Å². The van der Waals surface area contributed by atoms with Gasteiger partial charge in [-0.15, -0.1) is 0 Å². The molecule has 1 aliphatic heterocycles. The van der Waals surface area contributed by atoms with Crippen molar-refractivity contribution in [2.24, 2.45) is 11.7 Å². The highest BCUT2D eigenvalue weighted by Gasteiger charge is 2.28. The van der Waals surface area contributed by atoms with Crippen molar-refractivity contribution in [3.63, 3.8) is 0 Å². The van der Waals surface area contributed by atoms with Crippen molar-refractivity contribution in [3.8, 4) is 0 Å². The molecule has 23 heavy (non-hydrogen) atoms. The number of piperidine rings is 1. The van der Waals surface area contributed by atoms with E-state index in [1.54, 1.807) is 24.3 Å². The number of anilines is 1. The molecule has 0 spiro atoms. The molecule has 2 rings (SSSR count). The number of halogens is 2. The molecule has 5 nitrogen and oxygen atoms in total. The second kappa shape index (κ2) is 8.26. The lowest BCUT2D eigenvalue weighted by Gasteiger charge is -2.27. The van der Waals surface area contributed by atoms with Gasteiger partial charge in [0, 0.05) is 4.90 Å². The zero-order valence-electron chi connectivity index (χ0n) is 12.6. The van der Waals surface area contributed by atoms with Gasteiger partial charge in [-0.3, -0.25) is 9.59 Å². The number of rotatable bonds is 6. The van der Waals surface area contributed by atoms with E-state index in [0.29, 0.717) is 28.9 Å². The molecule has 8 heteroatoms. The monoisotopic (exact) mass is 344 g/mol. The van der Waals surface area contributed by atoms with E-state index in [-0.39, 0.29) is 24.3 Å². The van der Waals surface area contributed by atoms with Crippen molar-refractivity contribution in [3.05, 3.63) is 24.3 Å². The Morgan fingerprint density at radius 1 is 1.39 bits per heavy atom. The first-order chi connectivity index (χ1) is 11.0. The summed E-state index contributed by atoms with van der Waals surface area (Å²) in [5.74, 6) is -3.33. The van der Waals surface area contributed by atoms with Crippen LogP contribution in [-0.2, 0) is 9.59 Å². The summed E-state index contributed by atoms with van der Waals surface area (Å²) < 4.78 is 25.1. The number of hydrogen-bond donors (Lipinski definition) is 3. The second-order valence-corrected chi connectivity index (χ2v) is 6.58. The van der Waals surface area contributed by atoms with Gasteiger partial charge in [0.15, 0.2) is 6.54 Å². The van der Waals surface area contributed by atoms with E-state index in [4.69, 9.17) is 5.73 Å². The zero-order valence-corrected chi connectivity index (χ0v) is 13.4. The average Bonchev–Trinajstić information content (AvgIpc) is 2.49. The first kappa shape index (κ1) is 17.7. The number of primary amides is 1. The van der Waals surface area contributed by atoms with Gasteiger partial charge >= 0.3 is 0 Å². The van der Waals surface area contributed by atoms with Crippen molar-refractivity contribution in [2.45, 2.75) is 23.5 Å². The molecule has 2 amide bonds. The molecule has 4 N–H and O–H groups in total. The van der Waals surface area contributed by atoms with Crippen LogP contribution in [0.2, 0.25) is 0 Å². The van der Waals surface area contributed by atoms with E-state index < -0.39 is 5.76 Å². The van der Waals surface area contributed by atoms with Crippen molar-refractivity contribution >= 4 is 29.3 Å². The van der Waals surface area contributed by atoms with Gasteiger partial charge in [0.05, 0.1) is 24.7 Å². The maximum Gasteiger partial charge on any atom is 0.288 e. The number of nitrogens with one attached hydrogen (secondary N) is 2. The van der Waals surface area contributed by atoms with E-state index in [1.807, 2.05) is 0 Å². The first-order valence-electron chi connectivity index (χ1n) is 7.42. The number of nitrogens with two attached hydrogens (primary N) is 1. The van der Waals surface area contributed by atoms with Crippen LogP contribution < -0.4 is 16.0 Å². The van der Waals surface area contributed by atoms with Crippen LogP contribution in [0.3, 0.4) is 0 Å². The normalized spacial score (nSPS) is 21.2. The molecular formula is C15H20F2N3O2S+. The van der Waals surface area contributed by atoms with Gasteiger partial charge in [0.1, 0.15) is 0 Å². The number of para-hydroxylation sites is 1. The zero-order chi connectivity index (χ0) is 16.8. The van der Waals surface area contributed by atoms with Gasteiger partial charge in [-0.1, -0.05) is 23.9 Å². The molecular weight excluding hydrogens is 324 g/mol. The number of benzene rings is 1. The third-order valence-corrected chi connectivity index (χ3v) is 4.60. The molecule has 1 aliphatic rings. The van der Waals surface area contributed by atoms with E-state index in [2.05, 4.69) is 5.32 Å². The summed E-state index contributed by atoms with van der Waals surface area (Å²) in [6.07, 6.45) is 1.60. The van der Waals surface area contributed by atoms with Gasteiger partial charge < -0.3 is 16.0 Å². The van der Waals surface area contributed by atoms with Gasteiger partial charge in [-0.2, -0.15) is 8.78 Å². The molecule has 0 saturated carbocycles. The van der Waals surface area contributed by atoms with Gasteiger partial charge in [-0.05, 0) is 25.0 Å². The minimum Gasteiger partial charge on any atom is -0.369 e. The molecule has 1 fully saturated rings. The smallest absolute Gasteiger partial charge is 0.288 e. The molecule has 1 saturated heterocycles. The van der Waals surface area contributed by atoms with Gasteiger partial charge in [-0.25, -0.2) is 0 Å². The third-order valence-electron chi connectivity index (χ3n) is 3.81. The summed E-state index contributed by atoms with van der Waals surface area (Å²) in [5.41, 5.74) is 5.70. The van der Waals surface area contributed by atoms with Crippen molar-refractivity contribution < 1.29 is 23.3 Å². The van der Waals surface area contributed by atoms with Crippen molar-refractivity contribution in [1.82, 2.24) is 0 Å². The molecule has 1 aromatic rings. The molecule has 0 aromatic heterocycles. The summed E-state index contributed by atoms with van der Waals surface area (Å²) in [6.45, 7) is 1.53. The number of alkyl halides is 2. The fourth-order valence-electron chi connectivity index (χ4n) is 2.74. The number of carbonyl (C=O) groups is 2. The van der Waals surface area contributed by atoms with Crippen LogP contribution in [0.25, 0.3) is 0 Å². The highest BCUT2D eigenvalue weighted by atomic mass is 32.2. The Kier molecular flexibility index (Phi) is 6.35. The Morgan fingerprint density at radius 2 is 2.13 bits per heavy atom. The van der Waals surface area contributed by atoms with Gasteiger partial charge in [0.2, 0.25) is 5.91 Å². The second-order valence-electron chi connectivity index (χ2n) is 5.55. The Morgan fingerprint density at radius 3 is 2.83 bits per heavy atom. The predicted molar refractivity (Wildman–Crippen MR) is 84.4 cm³/mol. The first-order valence-corrected chi connectivity index (χ1v) is 8.30. The number of likely N-dealkylation sites (tertiary alicyclic amines) is 1. The van der Waals surface area contributed by atoms with Crippen LogP contribution in [0.1, 0.15) is 12.8 Å². The molecule has 0 aliphatic carbocycles. The molecule has 0 bridgehead atoms. The molecule has 2 atom stereocenters. The summed E-state index contributed by atoms with van der Waals surface area (Å²) in [6, 6.07) is 6.47. The fraction of sp³-hybridized carbons (Fsp3) is 0.467. The molecule has 1 aromatic carbocycles. The lowest BCUT2D eigenvalue weighted by Crippen LogP contribution is -3.14. The minimum atomic E-state index is -2.54. The number of hydrogen-bond acceptors (Lipinski definition) is 3. The predicted octanol–water partition coefficient (Wildman–Crippen LogP) is 0.720. The van der Waals surface area contributed by atoms with E-state index in [9.17, 15) is 18.4 Å². The van der Waals surface area contributed by atoms with Crippen LogP contribution in [-0.4, -0.2) is 37.2 Å². The maximum atomic E-state index is 12.5. The Bertz CT molecular complexity index is 571. The lowest BCUT2D eigenvalue weighted by molar-refractivity contribution is -0.899.